The second-order valence-electron chi connectivity index (χ2n) is 6.62. The molecule has 1 atom stereocenters. The minimum absolute atomic E-state index is 0.709. The highest BCUT2D eigenvalue weighted by molar-refractivity contribution is 5.14. The van der Waals surface area contributed by atoms with Crippen molar-refractivity contribution < 1.29 is 0 Å². The van der Waals surface area contributed by atoms with Crippen LogP contribution in [0.4, 0.5) is 0 Å². The highest BCUT2D eigenvalue weighted by Gasteiger charge is 2.28. The van der Waals surface area contributed by atoms with Crippen molar-refractivity contribution in [3.63, 3.8) is 0 Å². The molecule has 2 saturated heterocycles. The maximum Gasteiger partial charge on any atom is 0.0233 e. The molecule has 3 rings (SSSR count). The van der Waals surface area contributed by atoms with E-state index < -0.39 is 0 Å². The minimum atomic E-state index is 0.709. The molecule has 0 bridgehead atoms. The van der Waals surface area contributed by atoms with Crippen molar-refractivity contribution in [2.75, 3.05) is 33.2 Å². The van der Waals surface area contributed by atoms with Crippen LogP contribution in [0.5, 0.6) is 0 Å². The van der Waals surface area contributed by atoms with E-state index in [0.717, 1.165) is 12.6 Å². The fourth-order valence-electron chi connectivity index (χ4n) is 3.86. The van der Waals surface area contributed by atoms with Crippen molar-refractivity contribution in [3.05, 3.63) is 35.9 Å². The maximum absolute atomic E-state index is 3.46. The van der Waals surface area contributed by atoms with Gasteiger partial charge in [-0.05, 0) is 57.9 Å². The number of piperidine rings is 2. The fraction of sp³-hybridized carbons (Fsp3) is 0.667. The number of rotatable bonds is 4. The summed E-state index contributed by atoms with van der Waals surface area (Å²) in [4.78, 5) is 5.36. The van der Waals surface area contributed by atoms with Crippen LogP contribution < -0.4 is 5.32 Å². The van der Waals surface area contributed by atoms with E-state index in [4.69, 9.17) is 0 Å². The Bertz CT molecular complexity index is 412. The van der Waals surface area contributed by atoms with Gasteiger partial charge in [0.05, 0.1) is 0 Å². The Morgan fingerprint density at radius 2 is 1.81 bits per heavy atom. The molecule has 3 heteroatoms. The smallest absolute Gasteiger partial charge is 0.0233 e. The first kappa shape index (κ1) is 15.0. The molecule has 1 unspecified atom stereocenters. The average molecular weight is 287 g/mol. The van der Waals surface area contributed by atoms with E-state index in [-0.39, 0.29) is 0 Å². The summed E-state index contributed by atoms with van der Waals surface area (Å²) in [5.74, 6) is 0. The van der Waals surface area contributed by atoms with Gasteiger partial charge >= 0.3 is 0 Å². The molecule has 0 amide bonds. The minimum Gasteiger partial charge on any atom is -0.316 e. The Labute approximate surface area is 129 Å². The Hall–Kier alpha value is -0.900. The van der Waals surface area contributed by atoms with Gasteiger partial charge in [0.1, 0.15) is 0 Å². The van der Waals surface area contributed by atoms with Gasteiger partial charge in [-0.15, -0.1) is 0 Å². The molecule has 3 nitrogen and oxygen atoms in total. The lowest BCUT2D eigenvalue weighted by Gasteiger charge is -2.42. The topological polar surface area (TPSA) is 18.5 Å². The second-order valence-corrected chi connectivity index (χ2v) is 6.62. The van der Waals surface area contributed by atoms with Crippen molar-refractivity contribution in [3.8, 4) is 0 Å². The molecular weight excluding hydrogens is 258 g/mol. The van der Waals surface area contributed by atoms with Gasteiger partial charge in [0.15, 0.2) is 0 Å². The van der Waals surface area contributed by atoms with Crippen LogP contribution >= 0.6 is 0 Å². The van der Waals surface area contributed by atoms with Crippen molar-refractivity contribution in [1.82, 2.24) is 15.1 Å². The van der Waals surface area contributed by atoms with E-state index in [0.29, 0.717) is 6.04 Å². The fourth-order valence-corrected chi connectivity index (χ4v) is 3.86. The molecule has 116 valence electrons. The Kier molecular flexibility index (Phi) is 5.28. The molecule has 0 aromatic heterocycles. The summed E-state index contributed by atoms with van der Waals surface area (Å²) in [6.45, 7) is 6.18. The van der Waals surface area contributed by atoms with Gasteiger partial charge in [-0.2, -0.15) is 0 Å². The van der Waals surface area contributed by atoms with Gasteiger partial charge in [-0.3, -0.25) is 9.80 Å². The first-order valence-corrected chi connectivity index (χ1v) is 8.53. The summed E-state index contributed by atoms with van der Waals surface area (Å²) in [6.07, 6.45) is 5.38. The standard InChI is InChI=1S/C18H29N3/c1-19-17-8-5-11-21(15-17)18-9-12-20(13-10-18)14-16-6-3-2-4-7-16/h2-4,6-7,17-19H,5,8-15H2,1H3. The van der Waals surface area contributed by atoms with Gasteiger partial charge < -0.3 is 5.32 Å². The molecule has 0 saturated carbocycles. The normalized spacial score (nSPS) is 26.0. The zero-order valence-electron chi connectivity index (χ0n) is 13.3. The molecule has 2 aliphatic heterocycles. The third-order valence-corrected chi connectivity index (χ3v) is 5.18. The van der Waals surface area contributed by atoms with Crippen LogP contribution in [0, 0.1) is 0 Å². The predicted octanol–water partition coefficient (Wildman–Crippen LogP) is 2.33. The zero-order valence-corrected chi connectivity index (χ0v) is 13.3. The second kappa shape index (κ2) is 7.39. The molecule has 1 N–H and O–H groups in total. The number of hydrogen-bond donors (Lipinski definition) is 1. The van der Waals surface area contributed by atoms with Crippen LogP contribution in [0.3, 0.4) is 0 Å². The van der Waals surface area contributed by atoms with Crippen LogP contribution in [0.1, 0.15) is 31.2 Å². The van der Waals surface area contributed by atoms with E-state index >= 15 is 0 Å². The summed E-state index contributed by atoms with van der Waals surface area (Å²) in [6, 6.07) is 12.4. The van der Waals surface area contributed by atoms with Crippen molar-refractivity contribution in [1.29, 1.82) is 0 Å². The Balaban J connectivity index is 1.46. The molecule has 0 spiro atoms. The third kappa shape index (κ3) is 4.06. The molecule has 0 aliphatic carbocycles. The van der Waals surface area contributed by atoms with Gasteiger partial charge in [-0.25, -0.2) is 0 Å². The summed E-state index contributed by atoms with van der Waals surface area (Å²) >= 11 is 0. The molecular formula is C18H29N3. The lowest BCUT2D eigenvalue weighted by molar-refractivity contribution is 0.0787. The SMILES string of the molecule is CNC1CCCN(C2CCN(Cc3ccccc3)CC2)C1. The first-order chi connectivity index (χ1) is 10.3. The third-order valence-electron chi connectivity index (χ3n) is 5.18. The number of nitrogens with one attached hydrogen (secondary N) is 1. The van der Waals surface area contributed by atoms with Crippen LogP contribution in [0.2, 0.25) is 0 Å². The van der Waals surface area contributed by atoms with Crippen LogP contribution in [0.25, 0.3) is 0 Å². The highest BCUT2D eigenvalue weighted by atomic mass is 15.2. The number of nitrogens with zero attached hydrogens (tertiary/aromatic N) is 2. The number of likely N-dealkylation sites (tertiary alicyclic amines) is 2. The quantitative estimate of drug-likeness (QED) is 0.917. The van der Waals surface area contributed by atoms with Crippen molar-refractivity contribution in [2.45, 2.75) is 44.3 Å². The molecule has 2 aliphatic rings. The molecule has 0 radical (unpaired) electrons. The summed E-state index contributed by atoms with van der Waals surface area (Å²) in [5, 5.41) is 3.46. The van der Waals surface area contributed by atoms with Gasteiger partial charge in [-0.1, -0.05) is 30.3 Å². The molecule has 1 aromatic rings. The lowest BCUT2D eigenvalue weighted by atomic mass is 9.97. The lowest BCUT2D eigenvalue weighted by Crippen LogP contribution is -2.51. The van der Waals surface area contributed by atoms with E-state index in [9.17, 15) is 0 Å². The van der Waals surface area contributed by atoms with E-state index in [1.807, 2.05) is 0 Å². The zero-order chi connectivity index (χ0) is 14.5. The number of hydrogen-bond acceptors (Lipinski definition) is 3. The van der Waals surface area contributed by atoms with Crippen LogP contribution in [0.15, 0.2) is 30.3 Å². The number of likely N-dealkylation sites (N-methyl/N-ethyl adjacent to an activating group) is 1. The van der Waals surface area contributed by atoms with E-state index in [2.05, 4.69) is 52.5 Å². The molecule has 21 heavy (non-hydrogen) atoms. The van der Waals surface area contributed by atoms with Crippen LogP contribution in [-0.2, 0) is 6.54 Å². The van der Waals surface area contributed by atoms with Gasteiger partial charge in [0, 0.05) is 25.2 Å². The summed E-state index contributed by atoms with van der Waals surface area (Å²) < 4.78 is 0. The van der Waals surface area contributed by atoms with Crippen molar-refractivity contribution >= 4 is 0 Å². The van der Waals surface area contributed by atoms with Crippen molar-refractivity contribution in [2.24, 2.45) is 0 Å². The number of benzene rings is 1. The summed E-state index contributed by atoms with van der Waals surface area (Å²) in [7, 11) is 2.11. The Morgan fingerprint density at radius 3 is 2.52 bits per heavy atom. The first-order valence-electron chi connectivity index (χ1n) is 8.53. The van der Waals surface area contributed by atoms with Gasteiger partial charge in [0.25, 0.3) is 0 Å². The van der Waals surface area contributed by atoms with E-state index in [1.165, 1.54) is 57.4 Å². The largest absolute Gasteiger partial charge is 0.316 e. The predicted molar refractivity (Wildman–Crippen MR) is 88.4 cm³/mol. The van der Waals surface area contributed by atoms with Crippen LogP contribution in [-0.4, -0.2) is 55.1 Å². The van der Waals surface area contributed by atoms with Gasteiger partial charge in [0.2, 0.25) is 0 Å². The monoisotopic (exact) mass is 287 g/mol. The Morgan fingerprint density at radius 1 is 1.05 bits per heavy atom. The molecule has 2 fully saturated rings. The molecule has 1 aromatic carbocycles. The summed E-state index contributed by atoms with van der Waals surface area (Å²) in [5.41, 5.74) is 1.45. The molecule has 2 heterocycles. The maximum atomic E-state index is 3.46. The highest BCUT2D eigenvalue weighted by Crippen LogP contribution is 2.22. The van der Waals surface area contributed by atoms with E-state index in [1.54, 1.807) is 0 Å². The average Bonchev–Trinajstić information content (AvgIpc) is 2.56.